The molecule has 5 aromatic rings. The van der Waals surface area contributed by atoms with E-state index in [0.29, 0.717) is 16.9 Å². The first kappa shape index (κ1) is 21.2. The number of carboxylic acids is 1. The van der Waals surface area contributed by atoms with Crippen LogP contribution in [0.2, 0.25) is 0 Å². The number of hydrogen-bond acceptors (Lipinski definition) is 3. The molecule has 1 atom stereocenters. The van der Waals surface area contributed by atoms with Gasteiger partial charge in [0.1, 0.15) is 0 Å². The van der Waals surface area contributed by atoms with Gasteiger partial charge in [0.05, 0.1) is 16.9 Å². The van der Waals surface area contributed by atoms with E-state index in [1.807, 2.05) is 91.1 Å². The number of hydrogen-bond donors (Lipinski definition) is 3. The lowest BCUT2D eigenvalue weighted by Gasteiger charge is -2.07. The number of aliphatic imine (C=N–C) groups is 1. The lowest BCUT2D eigenvalue weighted by molar-refractivity contribution is -0.138. The fraction of sp³-hybridized carbons (Fsp3) is 0.0741. The second-order valence-corrected chi connectivity index (χ2v) is 7.94. The summed E-state index contributed by atoms with van der Waals surface area (Å²) in [5.41, 5.74) is 3.87. The number of aliphatic carboxylic acids is 1. The van der Waals surface area contributed by atoms with Gasteiger partial charge in [-0.1, -0.05) is 66.7 Å². The molecule has 168 valence electrons. The van der Waals surface area contributed by atoms with Gasteiger partial charge in [-0.05, 0) is 23.8 Å². The van der Waals surface area contributed by atoms with Crippen molar-refractivity contribution in [2.75, 3.05) is 0 Å². The summed E-state index contributed by atoms with van der Waals surface area (Å²) in [5.74, 6) is -1.05. The normalized spacial score (nSPS) is 12.4. The Morgan fingerprint density at radius 1 is 0.971 bits per heavy atom. The van der Waals surface area contributed by atoms with E-state index in [0.717, 1.165) is 22.0 Å². The molecule has 0 saturated carbocycles. The Balaban J connectivity index is 1.55. The molecule has 2 heterocycles. The van der Waals surface area contributed by atoms with Crippen molar-refractivity contribution in [1.82, 2.24) is 14.8 Å². The molecule has 7 nitrogen and oxygen atoms in total. The van der Waals surface area contributed by atoms with Crippen molar-refractivity contribution in [2.45, 2.75) is 12.5 Å². The standard InChI is InChI=1S/C27H22N4O3/c32-26-22(17-29-24(27(33)34)15-19-16-28-23-14-8-7-13-21(19)23)25(18-9-3-1-4-10-18)30-31(26)20-11-5-2-6-12-20/h1-14,16-17,24,28,30H,15H2,(H,33,34)/t24-/m0/s1. The number of fused-ring (bicyclic) bond motifs is 1. The van der Waals surface area contributed by atoms with Crippen molar-refractivity contribution in [3.8, 4) is 16.9 Å². The van der Waals surface area contributed by atoms with E-state index in [9.17, 15) is 14.7 Å². The van der Waals surface area contributed by atoms with Gasteiger partial charge in [-0.3, -0.25) is 14.9 Å². The zero-order chi connectivity index (χ0) is 23.5. The van der Waals surface area contributed by atoms with Gasteiger partial charge >= 0.3 is 5.97 Å². The Bertz CT molecular complexity index is 1530. The smallest absolute Gasteiger partial charge is 0.328 e. The van der Waals surface area contributed by atoms with E-state index >= 15 is 0 Å². The highest BCUT2D eigenvalue weighted by molar-refractivity contribution is 5.91. The van der Waals surface area contributed by atoms with Crippen molar-refractivity contribution >= 4 is 23.1 Å². The minimum atomic E-state index is -1.05. The summed E-state index contributed by atoms with van der Waals surface area (Å²) in [6, 6.07) is 25.3. The van der Waals surface area contributed by atoms with Crippen molar-refractivity contribution < 1.29 is 9.90 Å². The molecule has 0 aliphatic heterocycles. The number of aromatic amines is 2. The fourth-order valence-electron chi connectivity index (χ4n) is 4.03. The van der Waals surface area contributed by atoms with Crippen LogP contribution in [0.15, 0.2) is 101 Å². The van der Waals surface area contributed by atoms with Crippen molar-refractivity contribution in [2.24, 2.45) is 4.99 Å². The first-order valence-corrected chi connectivity index (χ1v) is 10.9. The van der Waals surface area contributed by atoms with Gasteiger partial charge in [0.2, 0.25) is 0 Å². The highest BCUT2D eigenvalue weighted by Gasteiger charge is 2.20. The highest BCUT2D eigenvalue weighted by atomic mass is 16.4. The first-order chi connectivity index (χ1) is 16.6. The molecule has 0 aliphatic rings. The molecule has 7 heteroatoms. The molecule has 2 aromatic heterocycles. The molecule has 0 aliphatic carbocycles. The topological polar surface area (TPSA) is 103 Å². The second-order valence-electron chi connectivity index (χ2n) is 7.94. The van der Waals surface area contributed by atoms with Gasteiger partial charge in [0.25, 0.3) is 5.56 Å². The minimum absolute atomic E-state index is 0.202. The third-order valence-corrected chi connectivity index (χ3v) is 5.76. The molecule has 3 aromatic carbocycles. The Hall–Kier alpha value is -4.65. The number of nitrogens with one attached hydrogen (secondary N) is 2. The summed E-state index contributed by atoms with van der Waals surface area (Å²) in [6.45, 7) is 0. The zero-order valence-corrected chi connectivity index (χ0v) is 18.2. The summed E-state index contributed by atoms with van der Waals surface area (Å²) in [7, 11) is 0. The third kappa shape index (κ3) is 4.06. The van der Waals surface area contributed by atoms with Gasteiger partial charge in [-0.25, -0.2) is 9.48 Å². The molecule has 0 bridgehead atoms. The zero-order valence-electron chi connectivity index (χ0n) is 18.2. The van der Waals surface area contributed by atoms with Crippen LogP contribution < -0.4 is 5.56 Å². The Morgan fingerprint density at radius 2 is 1.65 bits per heavy atom. The predicted molar refractivity (Wildman–Crippen MR) is 133 cm³/mol. The maximum absolute atomic E-state index is 13.3. The lowest BCUT2D eigenvalue weighted by atomic mass is 10.1. The van der Waals surface area contributed by atoms with Gasteiger partial charge in [0.15, 0.2) is 6.04 Å². The number of benzene rings is 3. The van der Waals surface area contributed by atoms with Gasteiger partial charge in [-0.2, -0.15) is 0 Å². The molecule has 0 fully saturated rings. The Kier molecular flexibility index (Phi) is 5.66. The monoisotopic (exact) mass is 450 g/mol. The first-order valence-electron chi connectivity index (χ1n) is 10.9. The molecule has 0 radical (unpaired) electrons. The molecule has 0 spiro atoms. The van der Waals surface area contributed by atoms with Crippen LogP contribution in [0.3, 0.4) is 0 Å². The summed E-state index contributed by atoms with van der Waals surface area (Å²) in [6.07, 6.45) is 3.40. The number of para-hydroxylation sites is 2. The van der Waals surface area contributed by atoms with E-state index in [1.54, 1.807) is 0 Å². The molecule has 0 unspecified atom stereocenters. The van der Waals surface area contributed by atoms with Crippen LogP contribution in [0.5, 0.6) is 0 Å². The molecule has 5 rings (SSSR count). The van der Waals surface area contributed by atoms with E-state index in [1.165, 1.54) is 10.9 Å². The number of carboxylic acid groups (broad SMARTS) is 1. The lowest BCUT2D eigenvalue weighted by Crippen LogP contribution is -2.22. The van der Waals surface area contributed by atoms with E-state index in [-0.39, 0.29) is 12.0 Å². The van der Waals surface area contributed by atoms with E-state index in [2.05, 4.69) is 15.1 Å². The average Bonchev–Trinajstić information content (AvgIpc) is 3.43. The summed E-state index contributed by atoms with van der Waals surface area (Å²) < 4.78 is 1.44. The van der Waals surface area contributed by atoms with Gasteiger partial charge < -0.3 is 10.1 Å². The molecular weight excluding hydrogens is 428 g/mol. The van der Waals surface area contributed by atoms with Crippen LogP contribution in [0.4, 0.5) is 0 Å². The van der Waals surface area contributed by atoms with Gasteiger partial charge in [-0.15, -0.1) is 0 Å². The molecular formula is C27H22N4O3. The van der Waals surface area contributed by atoms with E-state index < -0.39 is 12.0 Å². The fourth-order valence-corrected chi connectivity index (χ4v) is 4.03. The van der Waals surface area contributed by atoms with Crippen LogP contribution in [-0.4, -0.2) is 38.1 Å². The molecule has 34 heavy (non-hydrogen) atoms. The largest absolute Gasteiger partial charge is 0.480 e. The number of carbonyl (C=O) groups is 1. The van der Waals surface area contributed by atoms with Crippen LogP contribution >= 0.6 is 0 Å². The van der Waals surface area contributed by atoms with Crippen molar-refractivity contribution in [3.63, 3.8) is 0 Å². The van der Waals surface area contributed by atoms with Crippen molar-refractivity contribution in [1.29, 1.82) is 0 Å². The average molecular weight is 450 g/mol. The molecule has 3 N–H and O–H groups in total. The van der Waals surface area contributed by atoms with Crippen LogP contribution in [-0.2, 0) is 11.2 Å². The van der Waals surface area contributed by atoms with Crippen LogP contribution in [0, 0.1) is 0 Å². The summed E-state index contributed by atoms with van der Waals surface area (Å²) >= 11 is 0. The maximum atomic E-state index is 13.3. The number of aromatic nitrogens is 3. The van der Waals surface area contributed by atoms with Gasteiger partial charge in [0, 0.05) is 35.3 Å². The number of H-pyrrole nitrogens is 2. The Morgan fingerprint density at radius 3 is 2.38 bits per heavy atom. The van der Waals surface area contributed by atoms with Crippen LogP contribution in [0.1, 0.15) is 11.1 Å². The predicted octanol–water partition coefficient (Wildman–Crippen LogP) is 4.43. The maximum Gasteiger partial charge on any atom is 0.328 e. The van der Waals surface area contributed by atoms with Crippen molar-refractivity contribution in [3.05, 3.63) is 113 Å². The molecule has 0 amide bonds. The quantitative estimate of drug-likeness (QED) is 0.320. The van der Waals surface area contributed by atoms with Crippen LogP contribution in [0.25, 0.3) is 27.8 Å². The summed E-state index contributed by atoms with van der Waals surface area (Å²) in [4.78, 5) is 32.9. The second kappa shape index (κ2) is 9.07. The van der Waals surface area contributed by atoms with E-state index in [4.69, 9.17) is 0 Å². The SMILES string of the molecule is O=C(O)[C@H](Cc1c[nH]c2ccccc12)N=Cc1c(-c2ccccc2)[nH]n(-c2ccccc2)c1=O. The third-order valence-electron chi connectivity index (χ3n) is 5.76. The highest BCUT2D eigenvalue weighted by Crippen LogP contribution is 2.22. The molecule has 0 saturated heterocycles. The minimum Gasteiger partial charge on any atom is -0.480 e. The summed E-state index contributed by atoms with van der Waals surface area (Å²) in [5, 5.41) is 14.0. The Labute approximate surface area is 195 Å². The number of nitrogens with zero attached hydrogens (tertiary/aromatic N) is 2. The number of rotatable bonds is 7.